The third kappa shape index (κ3) is 3.65. The first-order valence-electron chi connectivity index (χ1n) is 14.3. The molecule has 1 amide bonds. The zero-order chi connectivity index (χ0) is 27.2. The van der Waals surface area contributed by atoms with Crippen LogP contribution in [0.3, 0.4) is 0 Å². The number of halogens is 1. The minimum absolute atomic E-state index is 0.0313. The van der Waals surface area contributed by atoms with Crippen molar-refractivity contribution in [2.75, 3.05) is 42.6 Å². The van der Waals surface area contributed by atoms with Gasteiger partial charge in [-0.2, -0.15) is 5.26 Å². The molecule has 7 aliphatic rings. The number of allylic oxidation sites excluding steroid dienone is 1. The lowest BCUT2D eigenvalue weighted by Gasteiger charge is -2.49. The number of nitriles is 1. The number of hydrogen-bond acceptors (Lipinski definition) is 8. The fourth-order valence-electron chi connectivity index (χ4n) is 7.74. The van der Waals surface area contributed by atoms with Gasteiger partial charge in [0.25, 0.3) is 5.91 Å². The number of fused-ring (bicyclic) bond motifs is 3. The van der Waals surface area contributed by atoms with E-state index in [1.54, 1.807) is 6.33 Å². The van der Waals surface area contributed by atoms with Gasteiger partial charge in [-0.1, -0.05) is 13.3 Å². The van der Waals surface area contributed by atoms with Crippen LogP contribution in [0.1, 0.15) is 64.9 Å². The van der Waals surface area contributed by atoms with E-state index in [-0.39, 0.29) is 42.9 Å². The number of hydrogen-bond donors (Lipinski definition) is 0. The Bertz CT molecular complexity index is 1330. The molecule has 2 bridgehead atoms. The smallest absolute Gasteiger partial charge is 0.255 e. The summed E-state index contributed by atoms with van der Waals surface area (Å²) in [5.74, 6) is 2.92. The van der Waals surface area contributed by atoms with Gasteiger partial charge in [0, 0.05) is 67.7 Å². The molecular weight excluding hydrogens is 497 g/mol. The summed E-state index contributed by atoms with van der Waals surface area (Å²) in [7, 11) is 0. The molecule has 1 aromatic rings. The molecule has 9 nitrogen and oxygen atoms in total. The van der Waals surface area contributed by atoms with E-state index in [1.165, 1.54) is 5.56 Å². The number of rotatable bonds is 2. The summed E-state index contributed by atoms with van der Waals surface area (Å²) < 4.78 is 20.1. The second-order valence-electron chi connectivity index (χ2n) is 13.0. The van der Waals surface area contributed by atoms with E-state index in [1.807, 2.05) is 11.0 Å². The summed E-state index contributed by atoms with van der Waals surface area (Å²) in [6.45, 7) is 9.02. The van der Waals surface area contributed by atoms with Gasteiger partial charge in [0.15, 0.2) is 5.60 Å². The average molecular weight is 534 g/mol. The number of carbonyl (C=O) groups is 1. The first-order chi connectivity index (χ1) is 18.7. The van der Waals surface area contributed by atoms with E-state index in [9.17, 15) is 14.4 Å². The minimum Gasteiger partial charge on any atom is -0.362 e. The Morgan fingerprint density at radius 2 is 1.92 bits per heavy atom. The molecule has 5 aliphatic heterocycles. The number of nitrogens with zero attached hydrogens (tertiary/aromatic N) is 7. The number of aliphatic imine (C=N–C) groups is 1. The van der Waals surface area contributed by atoms with Crippen LogP contribution in [0.4, 0.5) is 16.0 Å². The molecule has 0 radical (unpaired) electrons. The largest absolute Gasteiger partial charge is 0.362 e. The van der Waals surface area contributed by atoms with Crippen LogP contribution in [0.5, 0.6) is 0 Å². The second-order valence-corrected chi connectivity index (χ2v) is 13.0. The minimum atomic E-state index is -1.32. The van der Waals surface area contributed by atoms with Gasteiger partial charge in [-0.3, -0.25) is 9.79 Å². The molecule has 1 spiro atoms. The second kappa shape index (κ2) is 8.47. The third-order valence-corrected chi connectivity index (χ3v) is 9.94. The number of carbonyl (C=O) groups excluding carboxylic acids is 1. The highest BCUT2D eigenvalue weighted by molar-refractivity contribution is 6.08. The topological polar surface area (TPSA) is 98.0 Å². The van der Waals surface area contributed by atoms with Gasteiger partial charge >= 0.3 is 0 Å². The molecule has 1 unspecified atom stereocenters. The SMILES string of the molecule is CC1CN=C(N2CC3(CCC3)c3c2ncnc3N2C[C@@H](C)N(C(=O)C34CC(F)(CO3)C4)C[C@@H]2C)C=C(C#N)C1. The highest BCUT2D eigenvalue weighted by atomic mass is 19.1. The maximum atomic E-state index is 14.4. The average Bonchev–Trinajstić information content (AvgIpc) is 3.49. The molecule has 6 heterocycles. The molecule has 39 heavy (non-hydrogen) atoms. The monoisotopic (exact) mass is 533 g/mol. The van der Waals surface area contributed by atoms with E-state index in [0.717, 1.165) is 55.3 Å². The molecular formula is C29H36FN7O2. The summed E-state index contributed by atoms with van der Waals surface area (Å²) in [5.41, 5.74) is -0.379. The van der Waals surface area contributed by atoms with E-state index in [0.29, 0.717) is 25.6 Å². The van der Waals surface area contributed by atoms with Gasteiger partial charge in [0.05, 0.1) is 12.7 Å². The summed E-state index contributed by atoms with van der Waals surface area (Å²) in [4.78, 5) is 34.5. The first kappa shape index (κ1) is 24.9. The zero-order valence-electron chi connectivity index (χ0n) is 23.0. The van der Waals surface area contributed by atoms with Crippen molar-refractivity contribution < 1.29 is 13.9 Å². The van der Waals surface area contributed by atoms with Crippen LogP contribution >= 0.6 is 0 Å². The van der Waals surface area contributed by atoms with Crippen LogP contribution in [0.25, 0.3) is 0 Å². The quantitative estimate of drug-likeness (QED) is 0.575. The van der Waals surface area contributed by atoms with Crippen LogP contribution in [0.2, 0.25) is 0 Å². The molecule has 2 aliphatic carbocycles. The number of anilines is 2. The molecule has 1 aromatic heterocycles. The Kier molecular flexibility index (Phi) is 5.42. The summed E-state index contributed by atoms with van der Waals surface area (Å²) in [6.07, 6.45) is 8.00. The van der Waals surface area contributed by atoms with Crippen LogP contribution in [-0.2, 0) is 14.9 Å². The van der Waals surface area contributed by atoms with E-state index >= 15 is 0 Å². The molecule has 5 fully saturated rings. The molecule has 8 rings (SSSR count). The Morgan fingerprint density at radius 1 is 1.15 bits per heavy atom. The van der Waals surface area contributed by atoms with E-state index in [4.69, 9.17) is 19.7 Å². The molecule has 3 atom stereocenters. The fourth-order valence-corrected chi connectivity index (χ4v) is 7.74. The Morgan fingerprint density at radius 3 is 2.59 bits per heavy atom. The fraction of sp³-hybridized carbons (Fsp3) is 0.690. The van der Waals surface area contributed by atoms with Gasteiger partial charge in [0.2, 0.25) is 0 Å². The van der Waals surface area contributed by atoms with Crippen LogP contribution in [-0.4, -0.2) is 82.8 Å². The summed E-state index contributed by atoms with van der Waals surface area (Å²) >= 11 is 0. The molecule has 10 heteroatoms. The zero-order valence-corrected chi connectivity index (χ0v) is 23.0. The van der Waals surface area contributed by atoms with Gasteiger partial charge < -0.3 is 19.4 Å². The van der Waals surface area contributed by atoms with Crippen molar-refractivity contribution in [2.24, 2.45) is 10.9 Å². The molecule has 0 aromatic carbocycles. The Labute approximate surface area is 228 Å². The maximum Gasteiger partial charge on any atom is 0.255 e. The number of aromatic nitrogens is 2. The van der Waals surface area contributed by atoms with E-state index in [2.05, 4.69) is 36.6 Å². The standard InChI is InChI=1S/C29H36FN7O2/c1-18-7-21(9-31)8-22(32-10-18)37-15-27(5-4-6-27)23-24(33-17-34-25(23)37)35-11-20(3)36(12-19(35)2)26(38)29-13-28(30,14-29)16-39-29/h8,17-20H,4-7,10-16H2,1-3H3/t18?,19-,20+,28?,29?/m0/s1. The van der Waals surface area contributed by atoms with Crippen LogP contribution < -0.4 is 9.80 Å². The lowest BCUT2D eigenvalue weighted by atomic mass is 9.66. The third-order valence-electron chi connectivity index (χ3n) is 9.94. The number of ether oxygens (including phenoxy) is 1. The predicted octanol–water partition coefficient (Wildman–Crippen LogP) is 3.30. The normalized spacial score (nSPS) is 36.4. The summed E-state index contributed by atoms with van der Waals surface area (Å²) in [5, 5.41) is 9.70. The van der Waals surface area contributed by atoms with Gasteiger partial charge in [-0.05, 0) is 45.1 Å². The highest BCUT2D eigenvalue weighted by Crippen LogP contribution is 2.56. The molecule has 206 valence electrons. The van der Waals surface area contributed by atoms with Crippen LogP contribution in [0, 0.1) is 17.2 Å². The Balaban J connectivity index is 1.20. The van der Waals surface area contributed by atoms with Gasteiger partial charge in [0.1, 0.15) is 29.5 Å². The predicted molar refractivity (Wildman–Crippen MR) is 144 cm³/mol. The molecule has 3 saturated heterocycles. The lowest BCUT2D eigenvalue weighted by Crippen LogP contribution is -2.65. The number of alkyl halides is 1. The Hall–Kier alpha value is -3.06. The summed E-state index contributed by atoms with van der Waals surface area (Å²) in [6, 6.07) is 2.34. The number of piperazine rings is 1. The van der Waals surface area contributed by atoms with Crippen molar-refractivity contribution in [3.8, 4) is 6.07 Å². The highest BCUT2D eigenvalue weighted by Gasteiger charge is 2.68. The molecule has 2 saturated carbocycles. The van der Waals surface area contributed by atoms with Gasteiger partial charge in [-0.25, -0.2) is 14.4 Å². The van der Waals surface area contributed by atoms with Crippen molar-refractivity contribution in [1.29, 1.82) is 5.26 Å². The van der Waals surface area contributed by atoms with Crippen molar-refractivity contribution in [3.05, 3.63) is 23.5 Å². The van der Waals surface area contributed by atoms with Gasteiger partial charge in [-0.15, -0.1) is 0 Å². The lowest BCUT2D eigenvalue weighted by molar-refractivity contribution is -0.161. The van der Waals surface area contributed by atoms with Crippen molar-refractivity contribution >= 4 is 23.4 Å². The van der Waals surface area contributed by atoms with E-state index < -0.39 is 11.3 Å². The first-order valence-corrected chi connectivity index (χ1v) is 14.3. The van der Waals surface area contributed by atoms with Crippen molar-refractivity contribution in [3.63, 3.8) is 0 Å². The molecule has 0 N–H and O–H groups in total. The van der Waals surface area contributed by atoms with Crippen molar-refractivity contribution in [1.82, 2.24) is 14.9 Å². The number of amides is 1. The maximum absolute atomic E-state index is 14.4. The van der Waals surface area contributed by atoms with Crippen LogP contribution in [0.15, 0.2) is 23.0 Å². The number of amidine groups is 1. The van der Waals surface area contributed by atoms with Crippen molar-refractivity contribution in [2.45, 2.75) is 88.1 Å².